The first-order chi connectivity index (χ1) is 14.0. The van der Waals surface area contributed by atoms with Gasteiger partial charge in [-0.2, -0.15) is 0 Å². The predicted octanol–water partition coefficient (Wildman–Crippen LogP) is 5.77. The molecule has 0 saturated carbocycles. The van der Waals surface area contributed by atoms with Gasteiger partial charge in [0.15, 0.2) is 5.78 Å². The molecule has 0 unspecified atom stereocenters. The molecule has 0 spiro atoms. The van der Waals surface area contributed by atoms with Crippen LogP contribution >= 0.6 is 23.4 Å². The number of benzene rings is 2. The summed E-state index contributed by atoms with van der Waals surface area (Å²) in [5.74, 6) is 0.189. The molecule has 0 fully saturated rings. The Morgan fingerprint density at radius 3 is 2.72 bits per heavy atom. The van der Waals surface area contributed by atoms with Gasteiger partial charge in [-0.1, -0.05) is 23.7 Å². The van der Waals surface area contributed by atoms with E-state index >= 15 is 0 Å². The number of rotatable bonds is 9. The van der Waals surface area contributed by atoms with E-state index in [4.69, 9.17) is 16.0 Å². The summed E-state index contributed by atoms with van der Waals surface area (Å²) < 4.78 is 19.5. The largest absolute Gasteiger partial charge is 0.469 e. The van der Waals surface area contributed by atoms with Gasteiger partial charge in [0.25, 0.3) is 0 Å². The average Bonchev–Trinajstić information content (AvgIpc) is 3.25. The van der Waals surface area contributed by atoms with Crippen molar-refractivity contribution in [3.63, 3.8) is 0 Å². The molecule has 0 bridgehead atoms. The van der Waals surface area contributed by atoms with Crippen LogP contribution in [0.1, 0.15) is 28.1 Å². The third-order valence-corrected chi connectivity index (χ3v) is 5.65. The van der Waals surface area contributed by atoms with Crippen molar-refractivity contribution in [1.29, 1.82) is 0 Å². The van der Waals surface area contributed by atoms with Crippen LogP contribution in [-0.2, 0) is 17.8 Å². The second-order valence-electron chi connectivity index (χ2n) is 6.32. The zero-order chi connectivity index (χ0) is 20.8. The Hall–Kier alpha value is -2.57. The molecule has 0 atom stereocenters. The summed E-state index contributed by atoms with van der Waals surface area (Å²) in [6, 6.07) is 13.2. The van der Waals surface area contributed by atoms with Gasteiger partial charge in [-0.3, -0.25) is 9.59 Å². The second-order valence-corrected chi connectivity index (χ2v) is 7.58. The van der Waals surface area contributed by atoms with E-state index in [1.807, 2.05) is 12.3 Å². The van der Waals surface area contributed by atoms with Crippen LogP contribution in [-0.4, -0.2) is 18.4 Å². The highest BCUT2D eigenvalue weighted by Gasteiger charge is 2.18. The van der Waals surface area contributed by atoms with Gasteiger partial charge >= 0.3 is 0 Å². The number of furan rings is 1. The quantitative estimate of drug-likeness (QED) is 0.245. The van der Waals surface area contributed by atoms with Crippen molar-refractivity contribution in [1.82, 2.24) is 0 Å². The lowest BCUT2D eigenvalue weighted by atomic mass is 10.0. The number of anilines is 1. The van der Waals surface area contributed by atoms with Gasteiger partial charge in [0, 0.05) is 33.9 Å². The Balaban J connectivity index is 1.86. The fourth-order valence-electron chi connectivity index (χ4n) is 2.96. The van der Waals surface area contributed by atoms with Gasteiger partial charge in [0.05, 0.1) is 18.5 Å². The molecule has 0 aliphatic heterocycles. The number of hydrogen-bond acceptors (Lipinski definition) is 4. The third kappa shape index (κ3) is 5.08. The number of nitrogens with zero attached hydrogens (tertiary/aromatic N) is 1. The maximum atomic E-state index is 14.2. The van der Waals surface area contributed by atoms with Crippen molar-refractivity contribution in [2.45, 2.75) is 24.3 Å². The highest BCUT2D eigenvalue weighted by Crippen LogP contribution is 2.32. The zero-order valence-electron chi connectivity index (χ0n) is 15.7. The maximum absolute atomic E-state index is 14.2. The van der Waals surface area contributed by atoms with E-state index in [1.54, 1.807) is 36.6 Å². The lowest BCUT2D eigenvalue weighted by Gasteiger charge is -2.22. The molecule has 3 rings (SSSR count). The topological polar surface area (TPSA) is 50.5 Å². The smallest absolute Gasteiger partial charge is 0.214 e. The van der Waals surface area contributed by atoms with E-state index in [0.717, 1.165) is 10.7 Å². The van der Waals surface area contributed by atoms with Gasteiger partial charge < -0.3 is 9.32 Å². The van der Waals surface area contributed by atoms with Gasteiger partial charge in [-0.05, 0) is 42.7 Å². The maximum Gasteiger partial charge on any atom is 0.214 e. The SMILES string of the molecule is CSc1ccc(C(=O)CCc2ccco2)cc1N(C=O)Cc1c(F)cccc1Cl. The van der Waals surface area contributed by atoms with Gasteiger partial charge in [-0.15, -0.1) is 11.8 Å². The number of thioether (sulfide) groups is 1. The summed E-state index contributed by atoms with van der Waals surface area (Å²) >= 11 is 7.55. The molecule has 0 N–H and O–H groups in total. The molecule has 1 heterocycles. The summed E-state index contributed by atoms with van der Waals surface area (Å²) in [6.45, 7) is -0.0351. The van der Waals surface area contributed by atoms with E-state index < -0.39 is 5.82 Å². The fraction of sp³-hybridized carbons (Fsp3) is 0.182. The molecule has 4 nitrogen and oxygen atoms in total. The molecule has 1 amide bonds. The number of ketones is 1. The Kier molecular flexibility index (Phi) is 7.12. The van der Waals surface area contributed by atoms with Crippen LogP contribution in [0.25, 0.3) is 0 Å². The van der Waals surface area contributed by atoms with Crippen LogP contribution in [0.15, 0.2) is 64.1 Å². The lowest BCUT2D eigenvalue weighted by Crippen LogP contribution is -2.22. The van der Waals surface area contributed by atoms with E-state index in [2.05, 4.69) is 0 Å². The number of Topliss-reactive ketones (excluding diaryl/α,β-unsaturated/α-hetero) is 1. The molecule has 0 radical (unpaired) electrons. The molecule has 150 valence electrons. The van der Waals surface area contributed by atoms with Crippen molar-refractivity contribution >= 4 is 41.2 Å². The number of carbonyl (C=O) groups excluding carboxylic acids is 2. The summed E-state index contributed by atoms with van der Waals surface area (Å²) in [6.07, 6.45) is 4.84. The van der Waals surface area contributed by atoms with Gasteiger partial charge in [-0.25, -0.2) is 4.39 Å². The second kappa shape index (κ2) is 9.76. The zero-order valence-corrected chi connectivity index (χ0v) is 17.3. The van der Waals surface area contributed by atoms with E-state index in [0.29, 0.717) is 24.1 Å². The van der Waals surface area contributed by atoms with Gasteiger partial charge in [0.1, 0.15) is 11.6 Å². The standard InChI is InChI=1S/C22H19ClFNO3S/c1-29-22-10-7-15(21(27)9-8-16-4-3-11-28-16)12-20(22)25(14-26)13-17-18(23)5-2-6-19(17)24/h2-7,10-12,14H,8-9,13H2,1H3. The number of aryl methyl sites for hydroxylation is 1. The molecule has 3 aromatic rings. The van der Waals surface area contributed by atoms with Crippen molar-refractivity contribution in [2.24, 2.45) is 0 Å². The number of carbonyl (C=O) groups is 2. The van der Waals surface area contributed by atoms with Gasteiger partial charge in [0.2, 0.25) is 6.41 Å². The summed E-state index contributed by atoms with van der Waals surface area (Å²) in [7, 11) is 0. The molecular weight excluding hydrogens is 413 g/mol. The minimum atomic E-state index is -0.485. The summed E-state index contributed by atoms with van der Waals surface area (Å²) in [5.41, 5.74) is 1.24. The van der Waals surface area contributed by atoms with Crippen LogP contribution in [0, 0.1) is 5.82 Å². The highest BCUT2D eigenvalue weighted by molar-refractivity contribution is 7.98. The Bertz CT molecular complexity index is 987. The average molecular weight is 432 g/mol. The van der Waals surface area contributed by atoms with Crippen molar-refractivity contribution in [3.05, 3.63) is 82.5 Å². The van der Waals surface area contributed by atoms with E-state index in [-0.39, 0.29) is 29.3 Å². The van der Waals surface area contributed by atoms with Crippen LogP contribution < -0.4 is 4.90 Å². The summed E-state index contributed by atoms with van der Waals surface area (Å²) in [5, 5.41) is 0.244. The predicted molar refractivity (Wildman–Crippen MR) is 113 cm³/mol. The Labute approximate surface area is 177 Å². The normalized spacial score (nSPS) is 10.7. The molecule has 0 aliphatic carbocycles. The molecule has 1 aromatic heterocycles. The minimum absolute atomic E-state index is 0.0351. The monoisotopic (exact) mass is 431 g/mol. The van der Waals surface area contributed by atoms with Crippen LogP contribution in [0.5, 0.6) is 0 Å². The van der Waals surface area contributed by atoms with E-state index in [9.17, 15) is 14.0 Å². The fourth-order valence-corrected chi connectivity index (χ4v) is 3.77. The number of hydrogen-bond donors (Lipinski definition) is 0. The first-order valence-corrected chi connectivity index (χ1v) is 10.5. The molecule has 0 saturated heterocycles. The third-order valence-electron chi connectivity index (χ3n) is 4.51. The van der Waals surface area contributed by atoms with Crippen molar-refractivity contribution in [2.75, 3.05) is 11.2 Å². The van der Waals surface area contributed by atoms with Crippen LogP contribution in [0.3, 0.4) is 0 Å². The molecule has 7 heteroatoms. The lowest BCUT2D eigenvalue weighted by molar-refractivity contribution is -0.107. The van der Waals surface area contributed by atoms with E-state index in [1.165, 1.54) is 28.8 Å². The first-order valence-electron chi connectivity index (χ1n) is 8.92. The minimum Gasteiger partial charge on any atom is -0.469 e. The molecule has 2 aromatic carbocycles. The summed E-state index contributed by atoms with van der Waals surface area (Å²) in [4.78, 5) is 26.6. The Morgan fingerprint density at radius 1 is 1.24 bits per heavy atom. The van der Waals surface area contributed by atoms with Crippen molar-refractivity contribution in [3.8, 4) is 0 Å². The highest BCUT2D eigenvalue weighted by atomic mass is 35.5. The molecule has 29 heavy (non-hydrogen) atoms. The van der Waals surface area contributed by atoms with Crippen LogP contribution in [0.2, 0.25) is 5.02 Å². The Morgan fingerprint density at radius 2 is 2.07 bits per heavy atom. The molecule has 0 aliphatic rings. The first kappa shape index (κ1) is 21.1. The van der Waals surface area contributed by atoms with Crippen LogP contribution in [0.4, 0.5) is 10.1 Å². The molecular formula is C22H19ClFNO3S. The number of amides is 1. The van der Waals surface area contributed by atoms with Crippen molar-refractivity contribution < 1.29 is 18.4 Å². The number of halogens is 2.